The average Bonchev–Trinajstić information content (AvgIpc) is 2.98. The number of halogens is 1. The molecule has 1 aromatic heterocycles. The van der Waals surface area contributed by atoms with Crippen molar-refractivity contribution in [3.63, 3.8) is 0 Å². The molecule has 3 N–H and O–H groups in total. The van der Waals surface area contributed by atoms with Crippen molar-refractivity contribution < 1.29 is 9.90 Å². The number of aliphatic hydroxyl groups is 1. The molecule has 0 aliphatic heterocycles. The van der Waals surface area contributed by atoms with E-state index in [0.29, 0.717) is 11.4 Å². The van der Waals surface area contributed by atoms with E-state index < -0.39 is 0 Å². The van der Waals surface area contributed by atoms with Crippen LogP contribution in [0.5, 0.6) is 0 Å². The van der Waals surface area contributed by atoms with E-state index in [9.17, 15) is 9.90 Å². The summed E-state index contributed by atoms with van der Waals surface area (Å²) in [6.45, 7) is 1.93. The minimum absolute atomic E-state index is 0.0974. The Morgan fingerprint density at radius 2 is 2.04 bits per heavy atom. The van der Waals surface area contributed by atoms with E-state index in [4.69, 9.17) is 11.6 Å². The van der Waals surface area contributed by atoms with E-state index in [2.05, 4.69) is 10.3 Å². The zero-order valence-corrected chi connectivity index (χ0v) is 14.8. The number of amides is 1. The van der Waals surface area contributed by atoms with Crippen LogP contribution in [0.25, 0.3) is 10.9 Å². The highest BCUT2D eigenvalue weighted by molar-refractivity contribution is 6.31. The van der Waals surface area contributed by atoms with Crippen LogP contribution in [-0.2, 0) is 17.6 Å². The molecule has 25 heavy (non-hydrogen) atoms. The molecule has 3 rings (SSSR count). The van der Waals surface area contributed by atoms with Gasteiger partial charge >= 0.3 is 0 Å². The van der Waals surface area contributed by atoms with Gasteiger partial charge in [-0.3, -0.25) is 4.79 Å². The van der Waals surface area contributed by atoms with Crippen molar-refractivity contribution >= 4 is 28.4 Å². The molecule has 1 atom stereocenters. The number of H-pyrrole nitrogens is 1. The number of carbonyl (C=O) groups is 1. The van der Waals surface area contributed by atoms with Crippen LogP contribution in [0.4, 0.5) is 0 Å². The van der Waals surface area contributed by atoms with E-state index in [1.54, 1.807) is 0 Å². The fraction of sp³-hybridized carbons (Fsp3) is 0.250. The maximum atomic E-state index is 12.4. The molecule has 0 saturated carbocycles. The number of rotatable bonds is 6. The maximum absolute atomic E-state index is 12.4. The molecule has 0 fully saturated rings. The summed E-state index contributed by atoms with van der Waals surface area (Å²) in [7, 11) is 0. The highest BCUT2D eigenvalue weighted by Crippen LogP contribution is 2.22. The Bertz CT molecular complexity index is 888. The first-order valence-corrected chi connectivity index (χ1v) is 8.65. The summed E-state index contributed by atoms with van der Waals surface area (Å²) < 4.78 is 0. The predicted octanol–water partition coefficient (Wildman–Crippen LogP) is 3.39. The summed E-state index contributed by atoms with van der Waals surface area (Å²) in [5.74, 6) is -0.117. The summed E-state index contributed by atoms with van der Waals surface area (Å²) in [4.78, 5) is 15.6. The van der Waals surface area contributed by atoms with Crippen LogP contribution in [0.15, 0.2) is 48.7 Å². The number of aromatic amines is 1. The van der Waals surface area contributed by atoms with Crippen molar-refractivity contribution in [2.24, 2.45) is 0 Å². The normalized spacial score (nSPS) is 12.3. The Balaban J connectivity index is 1.68. The van der Waals surface area contributed by atoms with Crippen LogP contribution >= 0.6 is 11.6 Å². The van der Waals surface area contributed by atoms with Crippen LogP contribution < -0.4 is 5.32 Å². The van der Waals surface area contributed by atoms with Crippen molar-refractivity contribution in [1.82, 2.24) is 10.3 Å². The van der Waals surface area contributed by atoms with Gasteiger partial charge in [-0.25, -0.2) is 0 Å². The van der Waals surface area contributed by atoms with Crippen molar-refractivity contribution in [3.8, 4) is 0 Å². The van der Waals surface area contributed by atoms with E-state index in [1.807, 2.05) is 55.6 Å². The number of fused-ring (bicyclic) bond motifs is 1. The number of carbonyl (C=O) groups excluding carboxylic acids is 1. The minimum atomic E-state index is -0.303. The largest absolute Gasteiger partial charge is 0.394 e. The van der Waals surface area contributed by atoms with Gasteiger partial charge < -0.3 is 15.4 Å². The number of benzene rings is 2. The molecular formula is C20H21ClN2O2. The monoisotopic (exact) mass is 356 g/mol. The lowest BCUT2D eigenvalue weighted by atomic mass is 10.0. The summed E-state index contributed by atoms with van der Waals surface area (Å²) in [6, 6.07) is 13.3. The molecular weight excluding hydrogens is 336 g/mol. The lowest BCUT2D eigenvalue weighted by Crippen LogP contribution is -2.40. The van der Waals surface area contributed by atoms with Gasteiger partial charge in [0.25, 0.3) is 0 Å². The van der Waals surface area contributed by atoms with Crippen molar-refractivity contribution in [3.05, 3.63) is 70.4 Å². The maximum Gasteiger partial charge on any atom is 0.224 e. The van der Waals surface area contributed by atoms with Crippen molar-refractivity contribution in [2.75, 3.05) is 6.61 Å². The van der Waals surface area contributed by atoms with E-state index in [-0.39, 0.29) is 25.0 Å². The fourth-order valence-electron chi connectivity index (χ4n) is 3.01. The third-order valence-electron chi connectivity index (χ3n) is 4.39. The van der Waals surface area contributed by atoms with Gasteiger partial charge in [0.1, 0.15) is 0 Å². The predicted molar refractivity (Wildman–Crippen MR) is 101 cm³/mol. The van der Waals surface area contributed by atoms with Gasteiger partial charge in [-0.2, -0.15) is 0 Å². The van der Waals surface area contributed by atoms with Crippen LogP contribution in [-0.4, -0.2) is 28.6 Å². The van der Waals surface area contributed by atoms with Crippen molar-refractivity contribution in [1.29, 1.82) is 0 Å². The van der Waals surface area contributed by atoms with Gasteiger partial charge in [0.05, 0.1) is 19.1 Å². The summed E-state index contributed by atoms with van der Waals surface area (Å²) >= 11 is 6.05. The second-order valence-electron chi connectivity index (χ2n) is 6.26. The Morgan fingerprint density at radius 1 is 1.24 bits per heavy atom. The lowest BCUT2D eigenvalue weighted by Gasteiger charge is -2.17. The second-order valence-corrected chi connectivity index (χ2v) is 6.69. The second kappa shape index (κ2) is 7.72. The number of aliphatic hydroxyl groups excluding tert-OH is 1. The molecule has 1 amide bonds. The van der Waals surface area contributed by atoms with E-state index in [0.717, 1.165) is 27.6 Å². The van der Waals surface area contributed by atoms with Crippen LogP contribution in [0, 0.1) is 6.92 Å². The molecule has 1 heterocycles. The standard InChI is InChI=1S/C20H21ClN2O2/c1-13-4-2-3-5-14(13)8-17(12-24)23-20(25)9-15-11-22-19-7-6-16(21)10-18(15)19/h2-7,10-11,17,22,24H,8-9,12H2,1H3,(H,23,25). The molecule has 0 saturated heterocycles. The van der Waals surface area contributed by atoms with Gasteiger partial charge in [0, 0.05) is 22.1 Å². The molecule has 0 radical (unpaired) electrons. The first-order chi connectivity index (χ1) is 12.1. The molecule has 5 heteroatoms. The smallest absolute Gasteiger partial charge is 0.224 e. The van der Waals surface area contributed by atoms with Crippen molar-refractivity contribution in [2.45, 2.75) is 25.8 Å². The molecule has 2 aromatic carbocycles. The van der Waals surface area contributed by atoms with Gasteiger partial charge in [-0.1, -0.05) is 35.9 Å². The molecule has 0 spiro atoms. The Labute approximate surface area is 151 Å². The molecule has 0 bridgehead atoms. The number of aromatic nitrogens is 1. The van der Waals surface area contributed by atoms with E-state index >= 15 is 0 Å². The third-order valence-corrected chi connectivity index (χ3v) is 4.63. The number of hydrogen-bond acceptors (Lipinski definition) is 2. The number of nitrogens with one attached hydrogen (secondary N) is 2. The highest BCUT2D eigenvalue weighted by Gasteiger charge is 2.15. The summed E-state index contributed by atoms with van der Waals surface area (Å²) in [5, 5.41) is 14.1. The van der Waals surface area contributed by atoms with Crippen LogP contribution in [0.3, 0.4) is 0 Å². The zero-order valence-electron chi connectivity index (χ0n) is 14.1. The van der Waals surface area contributed by atoms with Gasteiger partial charge in [0.15, 0.2) is 0 Å². The highest BCUT2D eigenvalue weighted by atomic mass is 35.5. The van der Waals surface area contributed by atoms with E-state index in [1.165, 1.54) is 0 Å². The Morgan fingerprint density at radius 3 is 2.80 bits per heavy atom. The number of hydrogen-bond donors (Lipinski definition) is 3. The van der Waals surface area contributed by atoms with Gasteiger partial charge in [-0.05, 0) is 48.2 Å². The molecule has 1 unspecified atom stereocenters. The molecule has 130 valence electrons. The average molecular weight is 357 g/mol. The topological polar surface area (TPSA) is 65.1 Å². The van der Waals surface area contributed by atoms with Gasteiger partial charge in [0.2, 0.25) is 5.91 Å². The SMILES string of the molecule is Cc1ccccc1CC(CO)NC(=O)Cc1c[nH]c2ccc(Cl)cc12. The van der Waals surface area contributed by atoms with Gasteiger partial charge in [-0.15, -0.1) is 0 Å². The number of aryl methyl sites for hydroxylation is 1. The lowest BCUT2D eigenvalue weighted by molar-refractivity contribution is -0.121. The summed E-state index contributed by atoms with van der Waals surface area (Å²) in [6.07, 6.45) is 2.68. The molecule has 0 aliphatic carbocycles. The minimum Gasteiger partial charge on any atom is -0.394 e. The first-order valence-electron chi connectivity index (χ1n) is 8.27. The molecule has 3 aromatic rings. The van der Waals surface area contributed by atoms with Crippen LogP contribution in [0.1, 0.15) is 16.7 Å². The van der Waals surface area contributed by atoms with Crippen LogP contribution in [0.2, 0.25) is 5.02 Å². The molecule has 0 aliphatic rings. The fourth-order valence-corrected chi connectivity index (χ4v) is 3.19. The summed E-state index contributed by atoms with van der Waals surface area (Å²) in [5.41, 5.74) is 4.12. The molecule has 4 nitrogen and oxygen atoms in total. The Kier molecular flexibility index (Phi) is 5.41. The third kappa shape index (κ3) is 4.21. The first kappa shape index (κ1) is 17.5. The zero-order chi connectivity index (χ0) is 17.8. The quantitative estimate of drug-likeness (QED) is 0.633. The Hall–Kier alpha value is -2.30.